The van der Waals surface area contributed by atoms with Crippen LogP contribution in [0.25, 0.3) is 11.4 Å². The molecule has 0 bridgehead atoms. The summed E-state index contributed by atoms with van der Waals surface area (Å²) in [5, 5.41) is 15.7. The number of hydrogen-bond donors (Lipinski definition) is 2. The Morgan fingerprint density at radius 2 is 2.06 bits per heavy atom. The maximum atomic E-state index is 8.41. The zero-order chi connectivity index (χ0) is 21.6. The first-order chi connectivity index (χ1) is 15.1. The molecular weight excluding hydrogens is 390 g/mol. The molecule has 1 aliphatic rings. The number of amidine groups is 1. The third-order valence-corrected chi connectivity index (χ3v) is 4.78. The number of nitrogens with one attached hydrogen (secondary N) is 2. The molecule has 0 saturated heterocycles. The zero-order valence-corrected chi connectivity index (χ0v) is 17.7. The third-order valence-electron chi connectivity index (χ3n) is 4.78. The van der Waals surface area contributed by atoms with E-state index >= 15 is 0 Å². The van der Waals surface area contributed by atoms with Crippen LogP contribution in [0.15, 0.2) is 66.0 Å². The number of aromatic nitrogens is 4. The molecule has 8 nitrogen and oxygen atoms in total. The van der Waals surface area contributed by atoms with Crippen LogP contribution in [0.4, 0.5) is 0 Å². The summed E-state index contributed by atoms with van der Waals surface area (Å²) in [6.45, 7) is 2.40. The number of nitrogens with zero attached hydrogens (tertiary/aromatic N) is 5. The second-order valence-corrected chi connectivity index (χ2v) is 7.47. The van der Waals surface area contributed by atoms with Gasteiger partial charge in [0.2, 0.25) is 0 Å². The quantitative estimate of drug-likeness (QED) is 0.660. The fourth-order valence-corrected chi connectivity index (χ4v) is 3.17. The van der Waals surface area contributed by atoms with Crippen LogP contribution in [0, 0.1) is 12.3 Å². The summed E-state index contributed by atoms with van der Waals surface area (Å²) in [7, 11) is 1.84. The van der Waals surface area contributed by atoms with Crippen molar-refractivity contribution in [2.75, 3.05) is 0 Å². The predicted molar refractivity (Wildman–Crippen MR) is 120 cm³/mol. The Kier molecular flexibility index (Phi) is 6.16. The minimum absolute atomic E-state index is 0.435. The van der Waals surface area contributed by atoms with Crippen molar-refractivity contribution in [3.8, 4) is 17.1 Å². The molecular formula is C23H25N7O. The van der Waals surface area contributed by atoms with E-state index in [0.29, 0.717) is 42.0 Å². The Balaban J connectivity index is 1.51. The summed E-state index contributed by atoms with van der Waals surface area (Å²) in [5.41, 5.74) is 3.46. The number of rotatable bonds is 5. The topological polar surface area (TPSA) is 101 Å². The van der Waals surface area contributed by atoms with Crippen LogP contribution in [0.3, 0.4) is 0 Å². The van der Waals surface area contributed by atoms with Gasteiger partial charge in [0, 0.05) is 25.0 Å². The second-order valence-electron chi connectivity index (χ2n) is 7.47. The maximum Gasteiger partial charge on any atom is 0.195 e. The number of hydrogen-bond acceptors (Lipinski definition) is 6. The third kappa shape index (κ3) is 5.42. The van der Waals surface area contributed by atoms with E-state index < -0.39 is 0 Å². The van der Waals surface area contributed by atoms with Gasteiger partial charge in [0.1, 0.15) is 5.84 Å². The fraction of sp³-hybridized carbons (Fsp3) is 0.261. The number of aryl methyl sites for hydroxylation is 2. The molecule has 0 amide bonds. The molecule has 3 heterocycles. The molecule has 0 radical (unpaired) electrons. The Morgan fingerprint density at radius 3 is 2.84 bits per heavy atom. The molecule has 1 aliphatic heterocycles. The molecule has 2 N–H and O–H groups in total. The van der Waals surface area contributed by atoms with Crippen LogP contribution in [0.2, 0.25) is 0 Å². The van der Waals surface area contributed by atoms with Gasteiger partial charge in [-0.05, 0) is 49.5 Å². The van der Waals surface area contributed by atoms with Gasteiger partial charge >= 0.3 is 0 Å². The van der Waals surface area contributed by atoms with E-state index in [-0.39, 0.29) is 0 Å². The van der Waals surface area contributed by atoms with Crippen molar-refractivity contribution >= 4 is 11.5 Å². The standard InChI is InChI=1S/C23H25N7O/c1-16-11-25-22(26-12-16)18-7-5-6-17(10-18)13-27-23-20(24)8-3-4-9-21(29-23)31-19-14-28-30(2)15-19/h5-7,9-12,14-15,24H,3-4,8,13H2,1-2H3,(H,27,29)/b21-9+,24-20?. The van der Waals surface area contributed by atoms with Crippen LogP contribution >= 0.6 is 0 Å². The Bertz CT molecular complexity index is 1130. The molecule has 31 heavy (non-hydrogen) atoms. The highest BCUT2D eigenvalue weighted by Crippen LogP contribution is 2.18. The lowest BCUT2D eigenvalue weighted by atomic mass is 10.1. The molecule has 0 fully saturated rings. The van der Waals surface area contributed by atoms with E-state index in [1.165, 1.54) is 0 Å². The SMILES string of the molecule is Cc1cnc(-c2cccc(CN=C3N/C(Oc4cnn(C)c4)=C\CCCC3=N)c2)nc1. The van der Waals surface area contributed by atoms with Crippen LogP contribution in [0.5, 0.6) is 5.75 Å². The van der Waals surface area contributed by atoms with Gasteiger partial charge < -0.3 is 15.5 Å². The highest BCUT2D eigenvalue weighted by Gasteiger charge is 2.14. The van der Waals surface area contributed by atoms with E-state index in [0.717, 1.165) is 29.5 Å². The summed E-state index contributed by atoms with van der Waals surface area (Å²) >= 11 is 0. The first kappa shape index (κ1) is 20.5. The Morgan fingerprint density at radius 1 is 1.23 bits per heavy atom. The van der Waals surface area contributed by atoms with Crippen molar-refractivity contribution in [2.24, 2.45) is 12.0 Å². The lowest BCUT2D eigenvalue weighted by molar-refractivity contribution is 0.399. The minimum Gasteiger partial charge on any atom is -0.438 e. The Hall–Kier alpha value is -3.81. The van der Waals surface area contributed by atoms with Gasteiger partial charge in [-0.25, -0.2) is 9.97 Å². The van der Waals surface area contributed by atoms with Crippen molar-refractivity contribution in [3.63, 3.8) is 0 Å². The zero-order valence-electron chi connectivity index (χ0n) is 17.7. The average molecular weight is 416 g/mol. The van der Waals surface area contributed by atoms with Crippen LogP contribution in [-0.4, -0.2) is 31.3 Å². The first-order valence-corrected chi connectivity index (χ1v) is 10.2. The van der Waals surface area contributed by atoms with Crippen molar-refractivity contribution < 1.29 is 4.74 Å². The molecule has 8 heteroatoms. The number of ether oxygens (including phenoxy) is 1. The number of aliphatic imine (C=N–C) groups is 1. The van der Waals surface area contributed by atoms with Crippen molar-refractivity contribution in [3.05, 3.63) is 72.1 Å². The van der Waals surface area contributed by atoms with Gasteiger partial charge in [0.25, 0.3) is 0 Å². The number of benzene rings is 1. The van der Waals surface area contributed by atoms with E-state index in [9.17, 15) is 0 Å². The van der Waals surface area contributed by atoms with Gasteiger partial charge in [-0.2, -0.15) is 5.10 Å². The summed E-state index contributed by atoms with van der Waals surface area (Å²) in [6, 6.07) is 8.00. The molecule has 158 valence electrons. The molecule has 0 spiro atoms. The summed E-state index contributed by atoms with van der Waals surface area (Å²) < 4.78 is 7.58. The van der Waals surface area contributed by atoms with Gasteiger partial charge in [-0.1, -0.05) is 18.2 Å². The molecule has 0 atom stereocenters. The van der Waals surface area contributed by atoms with Gasteiger partial charge in [0.15, 0.2) is 17.5 Å². The lowest BCUT2D eigenvalue weighted by Gasteiger charge is -2.17. The molecule has 1 aromatic carbocycles. The van der Waals surface area contributed by atoms with Crippen LogP contribution in [-0.2, 0) is 13.6 Å². The summed E-state index contributed by atoms with van der Waals surface area (Å²) in [6.07, 6.45) is 11.4. The van der Waals surface area contributed by atoms with E-state index in [2.05, 4.69) is 25.4 Å². The minimum atomic E-state index is 0.435. The average Bonchev–Trinajstić information content (AvgIpc) is 3.17. The normalized spacial score (nSPS) is 17.4. The second kappa shape index (κ2) is 9.34. The molecule has 4 rings (SSSR count). The monoisotopic (exact) mass is 415 g/mol. The van der Waals surface area contributed by atoms with Crippen LogP contribution < -0.4 is 10.1 Å². The van der Waals surface area contributed by atoms with Crippen LogP contribution in [0.1, 0.15) is 30.4 Å². The largest absolute Gasteiger partial charge is 0.438 e. The maximum absolute atomic E-state index is 8.41. The molecule has 0 aliphatic carbocycles. The summed E-state index contributed by atoms with van der Waals surface area (Å²) in [5.74, 6) is 2.41. The first-order valence-electron chi connectivity index (χ1n) is 10.2. The Labute approximate surface area is 181 Å². The van der Waals surface area contributed by atoms with Gasteiger partial charge in [-0.15, -0.1) is 0 Å². The molecule has 0 saturated carbocycles. The summed E-state index contributed by atoms with van der Waals surface area (Å²) in [4.78, 5) is 13.5. The predicted octanol–water partition coefficient (Wildman–Crippen LogP) is 3.80. The highest BCUT2D eigenvalue weighted by molar-refractivity contribution is 6.40. The highest BCUT2D eigenvalue weighted by atomic mass is 16.5. The van der Waals surface area contributed by atoms with Crippen molar-refractivity contribution in [2.45, 2.75) is 32.7 Å². The molecule has 0 unspecified atom stereocenters. The van der Waals surface area contributed by atoms with E-state index in [1.54, 1.807) is 17.1 Å². The van der Waals surface area contributed by atoms with Gasteiger partial charge in [0.05, 0.1) is 24.7 Å². The smallest absolute Gasteiger partial charge is 0.195 e. The van der Waals surface area contributed by atoms with Crippen molar-refractivity contribution in [1.29, 1.82) is 5.41 Å². The fourth-order valence-electron chi connectivity index (χ4n) is 3.17. The van der Waals surface area contributed by atoms with Crippen molar-refractivity contribution in [1.82, 2.24) is 25.1 Å². The van der Waals surface area contributed by atoms with Gasteiger partial charge in [-0.3, -0.25) is 9.67 Å². The van der Waals surface area contributed by atoms with E-state index in [4.69, 9.17) is 10.1 Å². The van der Waals surface area contributed by atoms with E-state index in [1.807, 2.05) is 56.7 Å². The molecule has 2 aromatic heterocycles. The molecule has 3 aromatic rings. The lowest BCUT2D eigenvalue weighted by Crippen LogP contribution is -2.33. The number of allylic oxidation sites excluding steroid dienone is 1.